The highest BCUT2D eigenvalue weighted by Gasteiger charge is 2.51. The molecule has 0 radical (unpaired) electrons. The average molecular weight is 290 g/mol. The van der Waals surface area contributed by atoms with E-state index in [-0.39, 0.29) is 17.9 Å². The Kier molecular flexibility index (Phi) is 3.69. The Morgan fingerprint density at radius 2 is 2.10 bits per heavy atom. The number of carbonyl (C=O) groups is 2. The lowest BCUT2D eigenvalue weighted by Gasteiger charge is -2.44. The molecular weight excluding hydrogens is 268 g/mol. The smallest absolute Gasteiger partial charge is 0.249 e. The lowest BCUT2D eigenvalue weighted by molar-refractivity contribution is -0.155. The second-order valence-corrected chi connectivity index (χ2v) is 5.97. The van der Waals surface area contributed by atoms with Gasteiger partial charge in [-0.3, -0.25) is 14.3 Å². The largest absolute Gasteiger partial charge is 0.340 e. The fraction of sp³-hybridized carbons (Fsp3) is 0.667. The summed E-state index contributed by atoms with van der Waals surface area (Å²) in [6.45, 7) is 3.11. The van der Waals surface area contributed by atoms with Crippen LogP contribution in [0.1, 0.15) is 39.0 Å². The lowest BCUT2D eigenvalue weighted by Crippen LogP contribution is -2.69. The van der Waals surface area contributed by atoms with E-state index < -0.39 is 5.54 Å². The van der Waals surface area contributed by atoms with Crippen molar-refractivity contribution in [3.63, 3.8) is 0 Å². The molecule has 0 aromatic carbocycles. The molecule has 2 heterocycles. The molecule has 1 aromatic rings. The van der Waals surface area contributed by atoms with Gasteiger partial charge >= 0.3 is 0 Å². The second kappa shape index (κ2) is 5.50. The Bertz CT molecular complexity index is 520. The molecule has 2 aliphatic rings. The van der Waals surface area contributed by atoms with Gasteiger partial charge in [0, 0.05) is 18.9 Å². The van der Waals surface area contributed by atoms with Gasteiger partial charge in [0.05, 0.1) is 6.54 Å². The van der Waals surface area contributed by atoms with Gasteiger partial charge < -0.3 is 10.2 Å². The van der Waals surface area contributed by atoms with Crippen LogP contribution in [0.4, 0.5) is 0 Å². The number of carbonyl (C=O) groups excluding carboxylic acids is 2. The molecule has 1 aromatic heterocycles. The van der Waals surface area contributed by atoms with Crippen LogP contribution in [0.15, 0.2) is 18.5 Å². The summed E-state index contributed by atoms with van der Waals surface area (Å²) in [6.07, 6.45) is 7.80. The van der Waals surface area contributed by atoms with Crippen molar-refractivity contribution in [3.8, 4) is 0 Å². The summed E-state index contributed by atoms with van der Waals surface area (Å²) in [5, 5.41) is 7.18. The van der Waals surface area contributed by atoms with E-state index in [1.54, 1.807) is 15.8 Å². The van der Waals surface area contributed by atoms with Gasteiger partial charge in [0.15, 0.2) is 0 Å². The summed E-state index contributed by atoms with van der Waals surface area (Å²) >= 11 is 0. The second-order valence-electron chi connectivity index (χ2n) is 5.97. The minimum atomic E-state index is -0.632. The van der Waals surface area contributed by atoms with Crippen LogP contribution in [0.3, 0.4) is 0 Å². The van der Waals surface area contributed by atoms with Crippen molar-refractivity contribution in [1.29, 1.82) is 0 Å². The first-order valence-electron chi connectivity index (χ1n) is 7.77. The summed E-state index contributed by atoms with van der Waals surface area (Å²) in [6, 6.07) is 1.51. The van der Waals surface area contributed by atoms with E-state index in [0.29, 0.717) is 19.5 Å². The molecule has 2 fully saturated rings. The van der Waals surface area contributed by atoms with Gasteiger partial charge in [-0.05, 0) is 25.3 Å². The van der Waals surface area contributed by atoms with E-state index in [2.05, 4.69) is 10.4 Å². The molecule has 3 rings (SSSR count). The third kappa shape index (κ3) is 2.43. The Labute approximate surface area is 124 Å². The number of aromatic nitrogens is 2. The van der Waals surface area contributed by atoms with Gasteiger partial charge in [-0.15, -0.1) is 0 Å². The first-order chi connectivity index (χ1) is 10.2. The van der Waals surface area contributed by atoms with E-state index in [0.717, 1.165) is 25.7 Å². The molecular formula is C15H22N4O2. The molecule has 1 aliphatic carbocycles. The summed E-state index contributed by atoms with van der Waals surface area (Å²) in [4.78, 5) is 27.1. The third-order valence-electron chi connectivity index (χ3n) is 4.68. The zero-order valence-electron chi connectivity index (χ0n) is 12.4. The molecule has 114 valence electrons. The van der Waals surface area contributed by atoms with Gasteiger partial charge in [-0.1, -0.05) is 19.8 Å². The molecule has 6 heteroatoms. The maximum absolute atomic E-state index is 12.9. The predicted molar refractivity (Wildman–Crippen MR) is 77.4 cm³/mol. The van der Waals surface area contributed by atoms with Crippen molar-refractivity contribution in [2.75, 3.05) is 6.54 Å². The van der Waals surface area contributed by atoms with Crippen LogP contribution in [-0.2, 0) is 16.1 Å². The van der Waals surface area contributed by atoms with Gasteiger partial charge in [-0.25, -0.2) is 0 Å². The molecule has 1 saturated carbocycles. The number of rotatable bonds is 4. The van der Waals surface area contributed by atoms with Crippen molar-refractivity contribution in [3.05, 3.63) is 18.5 Å². The molecule has 1 unspecified atom stereocenters. The number of nitrogens with zero attached hydrogens (tertiary/aromatic N) is 3. The number of hydrogen-bond acceptors (Lipinski definition) is 3. The summed E-state index contributed by atoms with van der Waals surface area (Å²) < 4.78 is 1.80. The number of piperazine rings is 1. The van der Waals surface area contributed by atoms with E-state index in [4.69, 9.17) is 0 Å². The fourth-order valence-electron chi connectivity index (χ4n) is 3.55. The SMILES string of the molecule is CCC1C(=O)NC2(CCCC2)C(=O)N1CCn1cccn1. The molecule has 6 nitrogen and oxygen atoms in total. The summed E-state index contributed by atoms with van der Waals surface area (Å²) in [7, 11) is 0. The normalized spacial score (nSPS) is 24.6. The predicted octanol–water partition coefficient (Wildman–Crippen LogP) is 0.933. The average Bonchev–Trinajstić information content (AvgIpc) is 3.13. The van der Waals surface area contributed by atoms with Gasteiger partial charge in [0.25, 0.3) is 0 Å². The van der Waals surface area contributed by atoms with Gasteiger partial charge in [-0.2, -0.15) is 5.10 Å². The molecule has 1 aliphatic heterocycles. The molecule has 1 spiro atoms. The van der Waals surface area contributed by atoms with Crippen LogP contribution < -0.4 is 5.32 Å². The lowest BCUT2D eigenvalue weighted by atomic mass is 9.90. The monoisotopic (exact) mass is 290 g/mol. The molecule has 1 atom stereocenters. The van der Waals surface area contributed by atoms with Crippen LogP contribution in [0.25, 0.3) is 0 Å². The van der Waals surface area contributed by atoms with Crippen LogP contribution in [0.2, 0.25) is 0 Å². The first-order valence-corrected chi connectivity index (χ1v) is 7.77. The fourth-order valence-corrected chi connectivity index (χ4v) is 3.55. The molecule has 1 N–H and O–H groups in total. The first kappa shape index (κ1) is 14.1. The highest BCUT2D eigenvalue weighted by Crippen LogP contribution is 2.35. The van der Waals surface area contributed by atoms with Gasteiger partial charge in [0.1, 0.15) is 11.6 Å². The Hall–Kier alpha value is -1.85. The zero-order chi connectivity index (χ0) is 14.9. The molecule has 1 saturated heterocycles. The van der Waals surface area contributed by atoms with Gasteiger partial charge in [0.2, 0.25) is 11.8 Å². The highest BCUT2D eigenvalue weighted by atomic mass is 16.2. The van der Waals surface area contributed by atoms with Crippen molar-refractivity contribution in [1.82, 2.24) is 20.0 Å². The quantitative estimate of drug-likeness (QED) is 0.897. The minimum absolute atomic E-state index is 0.000495. The highest BCUT2D eigenvalue weighted by molar-refractivity contribution is 6.00. The topological polar surface area (TPSA) is 67.2 Å². The zero-order valence-corrected chi connectivity index (χ0v) is 12.4. The van der Waals surface area contributed by atoms with Crippen LogP contribution in [-0.4, -0.2) is 44.6 Å². The van der Waals surface area contributed by atoms with Crippen LogP contribution >= 0.6 is 0 Å². The standard InChI is InChI=1S/C15H22N4O2/c1-2-12-13(20)17-15(6-3-4-7-15)14(21)19(12)11-10-18-9-5-8-16-18/h5,8-9,12H,2-4,6-7,10-11H2,1H3,(H,17,20). The number of nitrogens with one attached hydrogen (secondary N) is 1. The van der Waals surface area contributed by atoms with Crippen molar-refractivity contribution in [2.45, 2.75) is 57.2 Å². The molecule has 2 amide bonds. The summed E-state index contributed by atoms with van der Waals surface area (Å²) in [5.41, 5.74) is -0.632. The Morgan fingerprint density at radius 1 is 1.33 bits per heavy atom. The molecule has 21 heavy (non-hydrogen) atoms. The Balaban J connectivity index is 1.79. The van der Waals surface area contributed by atoms with Crippen LogP contribution in [0.5, 0.6) is 0 Å². The maximum Gasteiger partial charge on any atom is 0.249 e. The minimum Gasteiger partial charge on any atom is -0.340 e. The van der Waals surface area contributed by atoms with Crippen LogP contribution in [0, 0.1) is 0 Å². The van der Waals surface area contributed by atoms with E-state index in [1.165, 1.54) is 0 Å². The van der Waals surface area contributed by atoms with Crippen molar-refractivity contribution in [2.24, 2.45) is 0 Å². The van der Waals surface area contributed by atoms with Crippen molar-refractivity contribution < 1.29 is 9.59 Å². The summed E-state index contributed by atoms with van der Waals surface area (Å²) in [5.74, 6) is 0.0954. The maximum atomic E-state index is 12.9. The Morgan fingerprint density at radius 3 is 2.71 bits per heavy atom. The number of amides is 2. The van der Waals surface area contributed by atoms with E-state index in [1.807, 2.05) is 19.2 Å². The van der Waals surface area contributed by atoms with Crippen molar-refractivity contribution >= 4 is 11.8 Å². The third-order valence-corrected chi connectivity index (χ3v) is 4.68. The number of hydrogen-bond donors (Lipinski definition) is 1. The van der Waals surface area contributed by atoms with E-state index in [9.17, 15) is 9.59 Å². The molecule has 0 bridgehead atoms. The van der Waals surface area contributed by atoms with E-state index >= 15 is 0 Å².